The normalized spacial score (nSPS) is 18.5. The third kappa shape index (κ3) is 3.89. The van der Waals surface area contributed by atoms with Crippen LogP contribution in [0.1, 0.15) is 44.2 Å². The number of para-hydroxylation sites is 1. The number of halogens is 1. The molecule has 31 heavy (non-hydrogen) atoms. The summed E-state index contributed by atoms with van der Waals surface area (Å²) in [5.74, 6) is 0.230. The van der Waals surface area contributed by atoms with Gasteiger partial charge in [0.15, 0.2) is 5.16 Å². The third-order valence-electron chi connectivity index (χ3n) is 6.39. The molecule has 4 nitrogen and oxygen atoms in total. The SMILES string of the molecule is CC1Cc2ccccc2N1C(=O)CSc1ncc(-c2ccc(F)cc2)n1C1CCCC1. The fourth-order valence-electron chi connectivity index (χ4n) is 4.94. The third-order valence-corrected chi connectivity index (χ3v) is 7.35. The molecular weight excluding hydrogens is 409 g/mol. The molecule has 0 saturated heterocycles. The number of aromatic nitrogens is 2. The van der Waals surface area contributed by atoms with E-state index in [1.807, 2.05) is 29.3 Å². The number of amides is 1. The van der Waals surface area contributed by atoms with Crippen LogP contribution >= 0.6 is 11.8 Å². The van der Waals surface area contributed by atoms with E-state index in [1.54, 1.807) is 12.1 Å². The molecule has 1 amide bonds. The van der Waals surface area contributed by atoms with Crippen molar-refractivity contribution in [2.24, 2.45) is 0 Å². The minimum atomic E-state index is -0.240. The van der Waals surface area contributed by atoms with Crippen LogP contribution in [-0.4, -0.2) is 27.3 Å². The maximum absolute atomic E-state index is 13.4. The van der Waals surface area contributed by atoms with Gasteiger partial charge in [-0.1, -0.05) is 42.8 Å². The van der Waals surface area contributed by atoms with Crippen LogP contribution in [0.25, 0.3) is 11.3 Å². The number of benzene rings is 2. The minimum Gasteiger partial charge on any atom is -0.316 e. The molecule has 5 rings (SSSR count). The summed E-state index contributed by atoms with van der Waals surface area (Å²) < 4.78 is 15.7. The number of imidazole rings is 1. The molecule has 2 heterocycles. The largest absolute Gasteiger partial charge is 0.316 e. The van der Waals surface area contributed by atoms with E-state index in [9.17, 15) is 9.18 Å². The molecule has 0 radical (unpaired) electrons. The van der Waals surface area contributed by atoms with Crippen LogP contribution in [0, 0.1) is 5.82 Å². The number of carbonyl (C=O) groups is 1. The molecule has 1 fully saturated rings. The Morgan fingerprint density at radius 3 is 2.65 bits per heavy atom. The number of nitrogens with zero attached hydrogens (tertiary/aromatic N) is 3. The van der Waals surface area contributed by atoms with Gasteiger partial charge in [0.1, 0.15) is 5.82 Å². The van der Waals surface area contributed by atoms with Gasteiger partial charge in [0.25, 0.3) is 0 Å². The number of anilines is 1. The highest BCUT2D eigenvalue weighted by Crippen LogP contribution is 2.38. The van der Waals surface area contributed by atoms with Crippen LogP contribution in [0.3, 0.4) is 0 Å². The zero-order valence-electron chi connectivity index (χ0n) is 17.6. The molecule has 2 aliphatic rings. The Balaban J connectivity index is 1.39. The molecule has 1 aliphatic carbocycles. The van der Waals surface area contributed by atoms with E-state index in [0.717, 1.165) is 41.4 Å². The maximum atomic E-state index is 13.4. The molecule has 3 aromatic rings. The second kappa shape index (κ2) is 8.50. The van der Waals surface area contributed by atoms with Gasteiger partial charge in [0.2, 0.25) is 5.91 Å². The predicted octanol–water partition coefficient (Wildman–Crippen LogP) is 5.87. The first-order valence-corrected chi connectivity index (χ1v) is 12.0. The number of hydrogen-bond acceptors (Lipinski definition) is 3. The lowest BCUT2D eigenvalue weighted by molar-refractivity contribution is -0.116. The Morgan fingerprint density at radius 2 is 1.87 bits per heavy atom. The summed E-state index contributed by atoms with van der Waals surface area (Å²) in [6.07, 6.45) is 7.41. The fourth-order valence-corrected chi connectivity index (χ4v) is 5.85. The Labute approximate surface area is 186 Å². The summed E-state index contributed by atoms with van der Waals surface area (Å²) in [7, 11) is 0. The van der Waals surface area contributed by atoms with Crippen molar-refractivity contribution in [1.29, 1.82) is 0 Å². The standard InChI is InChI=1S/C25H26FN3OS/c1-17-14-19-6-2-5-9-22(19)28(17)24(30)16-31-25-27-15-23(18-10-12-20(26)13-11-18)29(25)21-7-3-4-8-21/h2,5-6,9-13,15,17,21H,3-4,7-8,14,16H2,1H3. The number of hydrogen-bond donors (Lipinski definition) is 0. The average Bonchev–Trinajstić information content (AvgIpc) is 3.50. The molecular formula is C25H26FN3OS. The topological polar surface area (TPSA) is 38.1 Å². The summed E-state index contributed by atoms with van der Waals surface area (Å²) >= 11 is 1.51. The number of carbonyl (C=O) groups excluding carboxylic acids is 1. The lowest BCUT2D eigenvalue weighted by Gasteiger charge is -2.23. The van der Waals surface area contributed by atoms with Gasteiger partial charge in [0, 0.05) is 17.8 Å². The van der Waals surface area contributed by atoms with Crippen molar-refractivity contribution in [1.82, 2.24) is 9.55 Å². The van der Waals surface area contributed by atoms with Crippen molar-refractivity contribution >= 4 is 23.4 Å². The van der Waals surface area contributed by atoms with Crippen molar-refractivity contribution in [3.8, 4) is 11.3 Å². The van der Waals surface area contributed by atoms with E-state index in [2.05, 4.69) is 22.5 Å². The summed E-state index contributed by atoms with van der Waals surface area (Å²) in [6.45, 7) is 2.11. The molecule has 0 spiro atoms. The molecule has 1 atom stereocenters. The second-order valence-electron chi connectivity index (χ2n) is 8.48. The summed E-state index contributed by atoms with van der Waals surface area (Å²) in [5, 5.41) is 0.875. The van der Waals surface area contributed by atoms with E-state index in [0.29, 0.717) is 11.8 Å². The molecule has 160 valence electrons. The number of rotatable bonds is 5. The van der Waals surface area contributed by atoms with Gasteiger partial charge in [-0.2, -0.15) is 0 Å². The van der Waals surface area contributed by atoms with Gasteiger partial charge in [-0.05, 0) is 67.6 Å². The average molecular weight is 436 g/mol. The van der Waals surface area contributed by atoms with E-state index in [4.69, 9.17) is 0 Å². The summed E-state index contributed by atoms with van der Waals surface area (Å²) in [6, 6.07) is 15.3. The monoisotopic (exact) mass is 435 g/mol. The highest BCUT2D eigenvalue weighted by atomic mass is 32.2. The minimum absolute atomic E-state index is 0.117. The predicted molar refractivity (Wildman–Crippen MR) is 123 cm³/mol. The zero-order valence-corrected chi connectivity index (χ0v) is 18.4. The molecule has 1 unspecified atom stereocenters. The fraction of sp³-hybridized carbons (Fsp3) is 0.360. The lowest BCUT2D eigenvalue weighted by Crippen LogP contribution is -2.37. The summed E-state index contributed by atoms with van der Waals surface area (Å²) in [5.41, 5.74) is 4.23. The lowest BCUT2D eigenvalue weighted by atomic mass is 10.1. The second-order valence-corrected chi connectivity index (χ2v) is 9.42. The summed E-state index contributed by atoms with van der Waals surface area (Å²) in [4.78, 5) is 19.8. The molecule has 1 saturated carbocycles. The molecule has 1 aromatic heterocycles. The number of thioether (sulfide) groups is 1. The van der Waals surface area contributed by atoms with E-state index in [-0.39, 0.29) is 17.8 Å². The van der Waals surface area contributed by atoms with Gasteiger partial charge in [-0.15, -0.1) is 0 Å². The van der Waals surface area contributed by atoms with Crippen molar-refractivity contribution < 1.29 is 9.18 Å². The van der Waals surface area contributed by atoms with Crippen molar-refractivity contribution in [3.63, 3.8) is 0 Å². The highest BCUT2D eigenvalue weighted by Gasteiger charge is 2.31. The van der Waals surface area contributed by atoms with E-state index < -0.39 is 0 Å². The smallest absolute Gasteiger partial charge is 0.237 e. The Kier molecular flexibility index (Phi) is 5.57. The maximum Gasteiger partial charge on any atom is 0.237 e. The Bertz CT molecular complexity index is 1090. The van der Waals surface area contributed by atoms with Crippen molar-refractivity contribution in [2.45, 2.75) is 56.3 Å². The quantitative estimate of drug-likeness (QED) is 0.470. The van der Waals surface area contributed by atoms with E-state index in [1.165, 1.54) is 42.3 Å². The van der Waals surface area contributed by atoms with Gasteiger partial charge in [0.05, 0.1) is 17.6 Å². The van der Waals surface area contributed by atoms with E-state index >= 15 is 0 Å². The first kappa shape index (κ1) is 20.3. The van der Waals surface area contributed by atoms with Crippen LogP contribution in [0.15, 0.2) is 59.9 Å². The first-order valence-electron chi connectivity index (χ1n) is 11.0. The zero-order chi connectivity index (χ0) is 21.4. The Morgan fingerprint density at radius 1 is 1.13 bits per heavy atom. The van der Waals surface area contributed by atoms with Crippen molar-refractivity contribution in [3.05, 3.63) is 66.1 Å². The van der Waals surface area contributed by atoms with Gasteiger partial charge < -0.3 is 9.47 Å². The molecule has 2 aromatic carbocycles. The van der Waals surface area contributed by atoms with Crippen LogP contribution in [-0.2, 0) is 11.2 Å². The molecule has 6 heteroatoms. The van der Waals surface area contributed by atoms with Crippen LogP contribution in [0.5, 0.6) is 0 Å². The van der Waals surface area contributed by atoms with Crippen LogP contribution in [0.2, 0.25) is 0 Å². The van der Waals surface area contributed by atoms with Gasteiger partial charge in [-0.3, -0.25) is 4.79 Å². The molecule has 0 bridgehead atoms. The number of fused-ring (bicyclic) bond motifs is 1. The van der Waals surface area contributed by atoms with Gasteiger partial charge >= 0.3 is 0 Å². The van der Waals surface area contributed by atoms with Gasteiger partial charge in [-0.25, -0.2) is 9.37 Å². The molecule has 0 N–H and O–H groups in total. The first-order chi connectivity index (χ1) is 15.1. The molecule has 1 aliphatic heterocycles. The van der Waals surface area contributed by atoms with Crippen molar-refractivity contribution in [2.75, 3.05) is 10.7 Å². The van der Waals surface area contributed by atoms with Crippen LogP contribution < -0.4 is 4.90 Å². The Hall–Kier alpha value is -2.60. The van der Waals surface area contributed by atoms with Crippen LogP contribution in [0.4, 0.5) is 10.1 Å². The highest BCUT2D eigenvalue weighted by molar-refractivity contribution is 7.99.